The van der Waals surface area contributed by atoms with E-state index in [2.05, 4.69) is 16.7 Å². The molecule has 1 heterocycles. The van der Waals surface area contributed by atoms with E-state index in [1.807, 2.05) is 0 Å². The highest BCUT2D eigenvalue weighted by atomic mass is 33.1. The molecule has 134 valence electrons. The fourth-order valence-electron chi connectivity index (χ4n) is 1.99. The molecule has 1 aliphatic carbocycles. The average Bonchev–Trinajstić information content (AvgIpc) is 2.62. The smallest absolute Gasteiger partial charge is 0.297 e. The van der Waals surface area contributed by atoms with Crippen LogP contribution in [0.2, 0.25) is 0 Å². The molecule has 0 radical (unpaired) electrons. The van der Waals surface area contributed by atoms with Crippen LogP contribution in [0.15, 0.2) is 58.4 Å². The van der Waals surface area contributed by atoms with Gasteiger partial charge in [-0.2, -0.15) is 0 Å². The number of hydrogen-bond donors (Lipinski definition) is 0. The minimum atomic E-state index is -0.407. The van der Waals surface area contributed by atoms with Gasteiger partial charge >= 0.3 is 0 Å². The van der Waals surface area contributed by atoms with Crippen molar-refractivity contribution in [2.75, 3.05) is 18.9 Å². The predicted molar refractivity (Wildman–Crippen MR) is 99.6 cm³/mol. The number of ether oxygens (including phenoxy) is 2. The molecule has 25 heavy (non-hydrogen) atoms. The van der Waals surface area contributed by atoms with Crippen molar-refractivity contribution in [2.45, 2.75) is 18.9 Å². The quantitative estimate of drug-likeness (QED) is 0.149. The molecule has 0 aromatic heterocycles. The highest BCUT2D eigenvalue weighted by Crippen LogP contribution is 2.29. The third kappa shape index (κ3) is 6.39. The maximum Gasteiger partial charge on any atom is 0.297 e. The number of rotatable bonds is 9. The lowest BCUT2D eigenvalue weighted by Gasteiger charge is -2.18. The van der Waals surface area contributed by atoms with Gasteiger partial charge in [0, 0.05) is 18.7 Å². The fourth-order valence-corrected chi connectivity index (χ4v) is 3.93. The van der Waals surface area contributed by atoms with E-state index in [9.17, 15) is 15.0 Å². The Morgan fingerprint density at radius 1 is 1.52 bits per heavy atom. The van der Waals surface area contributed by atoms with Gasteiger partial charge in [-0.05, 0) is 47.2 Å². The van der Waals surface area contributed by atoms with Crippen molar-refractivity contribution >= 4 is 26.6 Å². The molecule has 0 fully saturated rings. The van der Waals surface area contributed by atoms with Gasteiger partial charge in [-0.25, -0.2) is 0 Å². The Bertz CT molecular complexity index is 658. The number of nitroso groups, excluding NO2 is 1. The summed E-state index contributed by atoms with van der Waals surface area (Å²) in [5.74, 6) is 0.786. The van der Waals surface area contributed by atoms with Gasteiger partial charge < -0.3 is 9.47 Å². The summed E-state index contributed by atoms with van der Waals surface area (Å²) in [6.45, 7) is 4.62. The Hall–Kier alpha value is -2.07. The molecule has 0 aromatic rings. The van der Waals surface area contributed by atoms with Gasteiger partial charge in [0.05, 0.1) is 4.92 Å². The van der Waals surface area contributed by atoms with Crippen LogP contribution in [-0.2, 0) is 9.47 Å². The molecule has 1 aliphatic heterocycles. The van der Waals surface area contributed by atoms with Crippen molar-refractivity contribution in [1.82, 2.24) is 0 Å². The number of dihydropyridines is 1. The van der Waals surface area contributed by atoms with Crippen molar-refractivity contribution in [3.8, 4) is 0 Å². The van der Waals surface area contributed by atoms with E-state index in [4.69, 9.17) is 9.47 Å². The Kier molecular flexibility index (Phi) is 7.74. The molecule has 0 N–H and O–H groups in total. The van der Waals surface area contributed by atoms with Crippen LogP contribution in [0.1, 0.15) is 12.8 Å². The molecule has 0 spiro atoms. The van der Waals surface area contributed by atoms with E-state index in [0.717, 1.165) is 0 Å². The molecule has 10 heteroatoms. The molecule has 1 atom stereocenters. The normalized spacial score (nSPS) is 19.4. The maximum atomic E-state index is 10.9. The summed E-state index contributed by atoms with van der Waals surface area (Å²) in [4.78, 5) is 25.0. The van der Waals surface area contributed by atoms with Crippen molar-refractivity contribution in [3.63, 3.8) is 0 Å². The van der Waals surface area contributed by atoms with Crippen molar-refractivity contribution in [2.24, 2.45) is 10.2 Å². The number of nitrogens with zero attached hydrogens (tertiary/aromatic N) is 3. The molecule has 2 aliphatic rings. The van der Waals surface area contributed by atoms with Crippen LogP contribution in [0.25, 0.3) is 0 Å². The molecule has 2 rings (SSSR count). The number of nitro groups is 1. The van der Waals surface area contributed by atoms with Crippen molar-refractivity contribution in [1.29, 1.82) is 0 Å². The second kappa shape index (κ2) is 10.0. The summed E-state index contributed by atoms with van der Waals surface area (Å²) in [6.07, 6.45) is 7.49. The minimum absolute atomic E-state index is 0.0683. The van der Waals surface area contributed by atoms with Crippen LogP contribution in [0, 0.1) is 15.0 Å². The van der Waals surface area contributed by atoms with Crippen molar-refractivity contribution < 1.29 is 14.4 Å². The van der Waals surface area contributed by atoms with Gasteiger partial charge in [0.25, 0.3) is 11.6 Å². The number of aliphatic imine (C=N–C) groups is 1. The van der Waals surface area contributed by atoms with Crippen LogP contribution >= 0.6 is 21.6 Å². The van der Waals surface area contributed by atoms with Gasteiger partial charge in [-0.3, -0.25) is 15.1 Å². The second-order valence-electron chi connectivity index (χ2n) is 4.92. The second-order valence-corrected chi connectivity index (χ2v) is 7.32. The molecular weight excluding hydrogens is 366 g/mol. The first-order chi connectivity index (χ1) is 12.1. The van der Waals surface area contributed by atoms with Crippen LogP contribution in [0.5, 0.6) is 0 Å². The lowest BCUT2D eigenvalue weighted by atomic mass is 10.1. The molecule has 0 saturated heterocycles. The topological polar surface area (TPSA) is 103 Å². The molecular formula is C15H17N3O5S2. The number of allylic oxidation sites excluding steroid dienone is 1. The average molecular weight is 383 g/mol. The Morgan fingerprint density at radius 2 is 2.36 bits per heavy atom. The predicted octanol–water partition coefficient (Wildman–Crippen LogP) is 3.81. The molecule has 8 nitrogen and oxygen atoms in total. The Labute approximate surface area is 152 Å². The van der Waals surface area contributed by atoms with E-state index < -0.39 is 4.92 Å². The Morgan fingerprint density at radius 3 is 3.04 bits per heavy atom. The van der Waals surface area contributed by atoms with E-state index >= 15 is 0 Å². The molecule has 1 unspecified atom stereocenters. The molecule has 0 aromatic carbocycles. The van der Waals surface area contributed by atoms with E-state index in [0.29, 0.717) is 42.5 Å². The lowest BCUT2D eigenvalue weighted by molar-refractivity contribution is -0.415. The molecule has 0 bridgehead atoms. The third-order valence-corrected chi connectivity index (χ3v) is 5.41. The van der Waals surface area contributed by atoms with Crippen LogP contribution in [0.3, 0.4) is 0 Å². The monoisotopic (exact) mass is 383 g/mol. The van der Waals surface area contributed by atoms with Gasteiger partial charge in [0.15, 0.2) is 5.04 Å². The lowest BCUT2D eigenvalue weighted by Crippen LogP contribution is -2.13. The summed E-state index contributed by atoms with van der Waals surface area (Å²) in [5.41, 5.74) is 0.451. The van der Waals surface area contributed by atoms with Gasteiger partial charge in [0.2, 0.25) is 0 Å². The zero-order valence-electron chi connectivity index (χ0n) is 13.3. The van der Waals surface area contributed by atoms with Gasteiger partial charge in [-0.15, -0.1) is 4.91 Å². The van der Waals surface area contributed by atoms with Gasteiger partial charge in [-0.1, -0.05) is 16.9 Å². The Balaban J connectivity index is 1.61. The summed E-state index contributed by atoms with van der Waals surface area (Å²) < 4.78 is 10.9. The largest absolute Gasteiger partial charge is 0.465 e. The first-order valence-electron chi connectivity index (χ1n) is 7.49. The summed E-state index contributed by atoms with van der Waals surface area (Å²) in [6, 6.07) is 0. The first kappa shape index (κ1) is 19.3. The highest BCUT2D eigenvalue weighted by molar-refractivity contribution is 8.82. The summed E-state index contributed by atoms with van der Waals surface area (Å²) in [5, 5.41) is 14.2. The van der Waals surface area contributed by atoms with Crippen LogP contribution in [0.4, 0.5) is 0 Å². The molecule has 0 amide bonds. The SMILES string of the molecule is C=C(OCCSSC1=NCCC=C1[N+](=O)[O-])OC1C=CC(N=O)=CC1. The summed E-state index contributed by atoms with van der Waals surface area (Å²) in [7, 11) is 2.69. The summed E-state index contributed by atoms with van der Waals surface area (Å²) >= 11 is 0. The van der Waals surface area contributed by atoms with E-state index in [1.165, 1.54) is 21.6 Å². The first-order valence-corrected chi connectivity index (χ1v) is 9.81. The van der Waals surface area contributed by atoms with E-state index in [1.54, 1.807) is 24.3 Å². The number of hydrogen-bond acceptors (Lipinski definition) is 9. The molecule has 0 saturated carbocycles. The van der Waals surface area contributed by atoms with Crippen LogP contribution in [-0.4, -0.2) is 35.0 Å². The highest BCUT2D eigenvalue weighted by Gasteiger charge is 2.22. The zero-order valence-corrected chi connectivity index (χ0v) is 15.0. The van der Waals surface area contributed by atoms with Crippen LogP contribution < -0.4 is 0 Å². The fraction of sp³-hybridized carbons (Fsp3) is 0.400. The van der Waals surface area contributed by atoms with Crippen molar-refractivity contribution in [3.05, 3.63) is 63.2 Å². The maximum absolute atomic E-state index is 10.9. The zero-order chi connectivity index (χ0) is 18.1. The van der Waals surface area contributed by atoms with Gasteiger partial charge in [0.1, 0.15) is 18.4 Å². The minimum Gasteiger partial charge on any atom is -0.465 e. The van der Waals surface area contributed by atoms with E-state index in [-0.39, 0.29) is 17.7 Å². The standard InChI is InChI=1S/C15H17N3O5S2/c1-11(23-13-6-4-12(17-19)5-7-13)22-9-10-24-25-15-14(18(20)21)3-2-8-16-15/h3-6,13H,1-2,7-10H2. The third-order valence-electron chi connectivity index (χ3n) is 3.13.